The van der Waals surface area contributed by atoms with Gasteiger partial charge < -0.3 is 5.11 Å². The van der Waals surface area contributed by atoms with Crippen molar-refractivity contribution in [3.8, 4) is 5.69 Å². The van der Waals surface area contributed by atoms with Crippen LogP contribution in [0.15, 0.2) is 47.9 Å². The van der Waals surface area contributed by atoms with Crippen LogP contribution in [0, 0.1) is 0 Å². The highest BCUT2D eigenvalue weighted by Gasteiger charge is 2.43. The predicted octanol–water partition coefficient (Wildman–Crippen LogP) is 3.08. The largest absolute Gasteiger partial charge is 0.385 e. The lowest BCUT2D eigenvalue weighted by Gasteiger charge is -2.16. The van der Waals surface area contributed by atoms with E-state index in [1.165, 1.54) is 11.8 Å². The fourth-order valence-electron chi connectivity index (χ4n) is 2.94. The Hall–Kier alpha value is -2.18. The molecule has 1 fully saturated rings. The number of rotatable bonds is 5. The molecule has 1 heterocycles. The third kappa shape index (κ3) is 2.61. The molecule has 0 unspecified atom stereocenters. The molecule has 1 aliphatic carbocycles. The van der Waals surface area contributed by atoms with Gasteiger partial charge in [0.05, 0.1) is 17.0 Å². The zero-order valence-corrected chi connectivity index (χ0v) is 14.1. The molecule has 0 radical (unpaired) electrons. The summed E-state index contributed by atoms with van der Waals surface area (Å²) < 4.78 is 1.90. The number of benzene rings is 2. The van der Waals surface area contributed by atoms with Crippen molar-refractivity contribution >= 4 is 28.3 Å². The van der Waals surface area contributed by atoms with Gasteiger partial charge in [0.25, 0.3) is 0 Å². The second kappa shape index (κ2) is 5.72. The maximum Gasteiger partial charge on any atom is 0.196 e. The van der Waals surface area contributed by atoms with Crippen LogP contribution in [0.2, 0.25) is 0 Å². The van der Waals surface area contributed by atoms with Gasteiger partial charge in [-0.2, -0.15) is 0 Å². The van der Waals surface area contributed by atoms with Gasteiger partial charge >= 0.3 is 0 Å². The van der Waals surface area contributed by atoms with Crippen LogP contribution in [-0.2, 0) is 10.4 Å². The number of fused-ring (bicyclic) bond motifs is 1. The highest BCUT2D eigenvalue weighted by Crippen LogP contribution is 2.48. The van der Waals surface area contributed by atoms with Crippen LogP contribution in [-0.4, -0.2) is 31.4 Å². The van der Waals surface area contributed by atoms with Crippen LogP contribution in [0.4, 0.5) is 0 Å². The summed E-state index contributed by atoms with van der Waals surface area (Å²) in [5.41, 5.74) is 1.25. The van der Waals surface area contributed by atoms with Crippen LogP contribution >= 0.6 is 11.8 Å². The van der Waals surface area contributed by atoms with E-state index in [1.54, 1.807) is 13.3 Å². The summed E-state index contributed by atoms with van der Waals surface area (Å²) in [6.07, 6.45) is 3.28. The van der Waals surface area contributed by atoms with Crippen LogP contribution in [0.1, 0.15) is 25.3 Å². The number of nitrogens with zero attached hydrogens (tertiary/aromatic N) is 3. The molecular formula is C18H17N3O2S. The van der Waals surface area contributed by atoms with E-state index in [4.69, 9.17) is 0 Å². The Kier molecular flexibility index (Phi) is 3.66. The summed E-state index contributed by atoms with van der Waals surface area (Å²) in [4.78, 5) is 11.3. The summed E-state index contributed by atoms with van der Waals surface area (Å²) in [5, 5.41) is 21.5. The maximum absolute atomic E-state index is 11.3. The minimum atomic E-state index is -0.683. The quantitative estimate of drug-likeness (QED) is 0.724. The standard InChI is InChI=1S/C18H17N3O2S/c1-12(22)10-24-17-20-19-11-21(17)16-7-6-15(18(23)8-9-18)13-4-2-3-5-14(13)16/h2-7,11,23H,8-10H2,1H3. The molecule has 4 rings (SSSR count). The first-order chi connectivity index (χ1) is 11.6. The first-order valence-electron chi connectivity index (χ1n) is 7.86. The van der Waals surface area contributed by atoms with Gasteiger partial charge in [0, 0.05) is 5.39 Å². The second-order valence-electron chi connectivity index (χ2n) is 6.18. The molecule has 5 nitrogen and oxygen atoms in total. The molecule has 1 saturated carbocycles. The number of aromatic nitrogens is 3. The maximum atomic E-state index is 11.3. The molecule has 0 bridgehead atoms. The highest BCUT2D eigenvalue weighted by molar-refractivity contribution is 7.99. The van der Waals surface area contributed by atoms with Crippen molar-refractivity contribution in [2.75, 3.05) is 5.75 Å². The molecule has 122 valence electrons. The Balaban J connectivity index is 1.84. The third-order valence-corrected chi connectivity index (χ3v) is 5.39. The molecule has 3 aromatic rings. The van der Waals surface area contributed by atoms with Gasteiger partial charge in [0.15, 0.2) is 5.16 Å². The molecule has 2 aromatic carbocycles. The first-order valence-corrected chi connectivity index (χ1v) is 8.84. The summed E-state index contributed by atoms with van der Waals surface area (Å²) in [7, 11) is 0. The van der Waals surface area contributed by atoms with Gasteiger partial charge in [-0.1, -0.05) is 42.1 Å². The van der Waals surface area contributed by atoms with E-state index in [9.17, 15) is 9.90 Å². The number of thioether (sulfide) groups is 1. The highest BCUT2D eigenvalue weighted by atomic mass is 32.2. The predicted molar refractivity (Wildman–Crippen MR) is 93.4 cm³/mol. The summed E-state index contributed by atoms with van der Waals surface area (Å²) in [6, 6.07) is 12.0. The van der Waals surface area contributed by atoms with E-state index in [0.717, 1.165) is 34.9 Å². The summed E-state index contributed by atoms with van der Waals surface area (Å²) >= 11 is 1.38. The molecule has 0 amide bonds. The smallest absolute Gasteiger partial charge is 0.196 e. The second-order valence-corrected chi connectivity index (χ2v) is 7.13. The molecule has 1 aromatic heterocycles. The van der Waals surface area contributed by atoms with Crippen molar-refractivity contribution in [2.24, 2.45) is 0 Å². The molecule has 0 atom stereocenters. The van der Waals surface area contributed by atoms with Crippen molar-refractivity contribution in [1.29, 1.82) is 0 Å². The van der Waals surface area contributed by atoms with Gasteiger partial charge in [-0.15, -0.1) is 10.2 Å². The van der Waals surface area contributed by atoms with E-state index in [-0.39, 0.29) is 5.78 Å². The SMILES string of the molecule is CC(=O)CSc1nncn1-c1ccc(C2(O)CC2)c2ccccc12. The number of Topliss-reactive ketones (excluding diaryl/α,β-unsaturated/α-hetero) is 1. The summed E-state index contributed by atoms with van der Waals surface area (Å²) in [6.45, 7) is 1.56. The Bertz CT molecular complexity index is 931. The normalized spacial score (nSPS) is 15.6. The molecule has 1 N–H and O–H groups in total. The molecule has 0 aliphatic heterocycles. The third-order valence-electron chi connectivity index (χ3n) is 4.31. The number of ketones is 1. The van der Waals surface area contributed by atoms with Gasteiger partial charge in [-0.3, -0.25) is 9.36 Å². The Morgan fingerprint density at radius 3 is 2.71 bits per heavy atom. The van der Waals surface area contributed by atoms with E-state index in [2.05, 4.69) is 10.2 Å². The fraction of sp³-hybridized carbons (Fsp3) is 0.278. The van der Waals surface area contributed by atoms with Gasteiger partial charge in [-0.05, 0) is 36.8 Å². The fourth-order valence-corrected chi connectivity index (χ4v) is 3.66. The van der Waals surface area contributed by atoms with Gasteiger partial charge in [0.1, 0.15) is 12.1 Å². The minimum Gasteiger partial charge on any atom is -0.385 e. The number of aliphatic hydroxyl groups is 1. The van der Waals surface area contributed by atoms with E-state index in [1.807, 2.05) is 41.0 Å². The zero-order chi connectivity index (χ0) is 16.7. The van der Waals surface area contributed by atoms with Crippen molar-refractivity contribution in [3.05, 3.63) is 48.3 Å². The molecule has 24 heavy (non-hydrogen) atoms. The van der Waals surface area contributed by atoms with Crippen molar-refractivity contribution in [2.45, 2.75) is 30.5 Å². The summed E-state index contributed by atoms with van der Waals surface area (Å²) in [5.74, 6) is 0.472. The van der Waals surface area contributed by atoms with E-state index in [0.29, 0.717) is 10.9 Å². The Morgan fingerprint density at radius 2 is 2.00 bits per heavy atom. The molecule has 0 spiro atoms. The number of hydrogen-bond donors (Lipinski definition) is 1. The van der Waals surface area contributed by atoms with Crippen LogP contribution in [0.3, 0.4) is 0 Å². The Labute approximate surface area is 143 Å². The lowest BCUT2D eigenvalue weighted by Crippen LogP contribution is -2.07. The molecule has 6 heteroatoms. The minimum absolute atomic E-state index is 0.103. The number of carbonyl (C=O) groups excluding carboxylic acids is 1. The van der Waals surface area contributed by atoms with Crippen LogP contribution in [0.25, 0.3) is 16.5 Å². The van der Waals surface area contributed by atoms with Gasteiger partial charge in [0.2, 0.25) is 0 Å². The molecular weight excluding hydrogens is 322 g/mol. The monoisotopic (exact) mass is 339 g/mol. The lowest BCUT2D eigenvalue weighted by molar-refractivity contribution is -0.114. The first kappa shape index (κ1) is 15.4. The van der Waals surface area contributed by atoms with Crippen LogP contribution < -0.4 is 0 Å². The van der Waals surface area contributed by atoms with E-state index < -0.39 is 5.60 Å². The number of hydrogen-bond acceptors (Lipinski definition) is 5. The van der Waals surface area contributed by atoms with Gasteiger partial charge in [-0.25, -0.2) is 0 Å². The molecule has 1 aliphatic rings. The zero-order valence-electron chi connectivity index (χ0n) is 13.3. The van der Waals surface area contributed by atoms with Crippen molar-refractivity contribution in [1.82, 2.24) is 14.8 Å². The molecule has 0 saturated heterocycles. The average molecular weight is 339 g/mol. The van der Waals surface area contributed by atoms with Crippen molar-refractivity contribution in [3.63, 3.8) is 0 Å². The lowest BCUT2D eigenvalue weighted by atomic mass is 9.97. The van der Waals surface area contributed by atoms with Crippen molar-refractivity contribution < 1.29 is 9.90 Å². The average Bonchev–Trinajstić information content (AvgIpc) is 3.16. The topological polar surface area (TPSA) is 68.0 Å². The number of carbonyl (C=O) groups is 1. The Morgan fingerprint density at radius 1 is 1.25 bits per heavy atom. The van der Waals surface area contributed by atoms with Crippen LogP contribution in [0.5, 0.6) is 0 Å². The van der Waals surface area contributed by atoms with E-state index >= 15 is 0 Å².